The average molecular weight is 492 g/mol. The highest BCUT2D eigenvalue weighted by atomic mass is 32.2. The van der Waals surface area contributed by atoms with Gasteiger partial charge in [-0.25, -0.2) is 12.8 Å². The number of nitrogens with zero attached hydrogens (tertiary/aromatic N) is 2. The zero-order valence-corrected chi connectivity index (χ0v) is 20.5. The van der Waals surface area contributed by atoms with Gasteiger partial charge in [-0.1, -0.05) is 12.8 Å². The van der Waals surface area contributed by atoms with Crippen LogP contribution in [0.25, 0.3) is 0 Å². The van der Waals surface area contributed by atoms with Gasteiger partial charge < -0.3 is 15.0 Å². The second-order valence-electron chi connectivity index (χ2n) is 8.35. The summed E-state index contributed by atoms with van der Waals surface area (Å²) in [7, 11) is -4.06. The molecule has 0 saturated carbocycles. The number of hydrogen-bond donors (Lipinski definition) is 1. The first-order chi connectivity index (χ1) is 16.4. The number of likely N-dealkylation sites (tertiary alicyclic amines) is 1. The lowest BCUT2D eigenvalue weighted by Crippen LogP contribution is -2.41. The molecule has 3 rings (SSSR count). The van der Waals surface area contributed by atoms with Gasteiger partial charge in [0.1, 0.15) is 18.1 Å². The van der Waals surface area contributed by atoms with Crippen molar-refractivity contribution >= 4 is 21.6 Å². The number of sulfonamides is 1. The summed E-state index contributed by atoms with van der Waals surface area (Å²) in [4.78, 5) is 15.1. The van der Waals surface area contributed by atoms with Crippen molar-refractivity contribution < 1.29 is 22.3 Å². The van der Waals surface area contributed by atoms with Crippen molar-refractivity contribution in [1.29, 1.82) is 0 Å². The maximum Gasteiger partial charge on any atom is 0.264 e. The number of amides is 1. The van der Waals surface area contributed by atoms with E-state index in [-0.39, 0.29) is 10.6 Å². The molecule has 1 aliphatic heterocycles. The highest BCUT2D eigenvalue weighted by Crippen LogP contribution is 2.25. The summed E-state index contributed by atoms with van der Waals surface area (Å²) in [6.07, 6.45) is 5.77. The zero-order chi connectivity index (χ0) is 24.4. The summed E-state index contributed by atoms with van der Waals surface area (Å²) in [6.45, 7) is 5.46. The van der Waals surface area contributed by atoms with Gasteiger partial charge in [0.25, 0.3) is 10.0 Å². The van der Waals surface area contributed by atoms with Crippen LogP contribution in [0.2, 0.25) is 0 Å². The van der Waals surface area contributed by atoms with Crippen LogP contribution in [-0.4, -0.2) is 58.6 Å². The van der Waals surface area contributed by atoms with E-state index in [1.807, 2.05) is 6.92 Å². The highest BCUT2D eigenvalue weighted by molar-refractivity contribution is 7.92. The van der Waals surface area contributed by atoms with E-state index in [2.05, 4.69) is 10.2 Å². The molecule has 1 saturated heterocycles. The fraction of sp³-hybridized carbons (Fsp3) is 0.480. The standard InChI is InChI=1S/C25H34FN3O4S/c1-2-33-23-12-14-24(15-13-23)34(31,32)29(22-10-8-21(26)9-11-22)20-25(30)27-16-7-19-28-17-5-3-4-6-18-28/h8-15H,2-7,16-20H2,1H3,(H,27,30). The molecule has 1 heterocycles. The maximum absolute atomic E-state index is 13.5. The number of nitrogens with one attached hydrogen (secondary N) is 1. The Bertz CT molecular complexity index is 1010. The first-order valence-electron chi connectivity index (χ1n) is 11.9. The third kappa shape index (κ3) is 7.43. The molecule has 7 nitrogen and oxygen atoms in total. The molecule has 0 spiro atoms. The van der Waals surface area contributed by atoms with Gasteiger partial charge in [-0.2, -0.15) is 0 Å². The molecular formula is C25H34FN3O4S. The predicted octanol–water partition coefficient (Wildman–Crippen LogP) is 3.80. The summed E-state index contributed by atoms with van der Waals surface area (Å²) >= 11 is 0. The summed E-state index contributed by atoms with van der Waals surface area (Å²) in [5, 5.41) is 2.83. The Morgan fingerprint density at radius 1 is 1.03 bits per heavy atom. The van der Waals surface area contributed by atoms with Gasteiger partial charge in [0.2, 0.25) is 5.91 Å². The van der Waals surface area contributed by atoms with E-state index in [1.165, 1.54) is 62.1 Å². The molecule has 0 radical (unpaired) electrons. The minimum absolute atomic E-state index is 0.0224. The van der Waals surface area contributed by atoms with Gasteiger partial charge >= 0.3 is 0 Å². The zero-order valence-electron chi connectivity index (χ0n) is 19.7. The molecule has 9 heteroatoms. The van der Waals surface area contributed by atoms with Crippen LogP contribution in [0, 0.1) is 5.82 Å². The third-order valence-electron chi connectivity index (χ3n) is 5.80. The lowest BCUT2D eigenvalue weighted by atomic mass is 10.2. The van der Waals surface area contributed by atoms with Crippen molar-refractivity contribution in [3.8, 4) is 5.75 Å². The van der Waals surface area contributed by atoms with Gasteiger partial charge in [-0.15, -0.1) is 0 Å². The molecule has 1 fully saturated rings. The number of carbonyl (C=O) groups is 1. The molecule has 0 aliphatic carbocycles. The summed E-state index contributed by atoms with van der Waals surface area (Å²) in [5.74, 6) is -0.341. The van der Waals surface area contributed by atoms with E-state index in [0.717, 1.165) is 30.4 Å². The summed E-state index contributed by atoms with van der Waals surface area (Å²) < 4.78 is 46.7. The topological polar surface area (TPSA) is 79.0 Å². The lowest BCUT2D eigenvalue weighted by molar-refractivity contribution is -0.119. The van der Waals surface area contributed by atoms with Crippen molar-refractivity contribution in [2.24, 2.45) is 0 Å². The molecule has 0 unspecified atom stereocenters. The summed E-state index contributed by atoms with van der Waals surface area (Å²) in [6, 6.07) is 11.1. The predicted molar refractivity (Wildman–Crippen MR) is 131 cm³/mol. The summed E-state index contributed by atoms with van der Waals surface area (Å²) in [5.41, 5.74) is 0.218. The molecular weight excluding hydrogens is 457 g/mol. The van der Waals surface area contributed by atoms with Crippen LogP contribution < -0.4 is 14.4 Å². The molecule has 2 aromatic carbocycles. The van der Waals surface area contributed by atoms with Crippen LogP contribution in [0.4, 0.5) is 10.1 Å². The van der Waals surface area contributed by atoms with E-state index >= 15 is 0 Å². The SMILES string of the molecule is CCOc1ccc(S(=O)(=O)N(CC(=O)NCCCN2CCCCCC2)c2ccc(F)cc2)cc1. The number of hydrogen-bond acceptors (Lipinski definition) is 5. The van der Waals surface area contributed by atoms with Gasteiger partial charge in [-0.3, -0.25) is 9.10 Å². The first-order valence-corrected chi connectivity index (χ1v) is 13.3. The lowest BCUT2D eigenvalue weighted by Gasteiger charge is -2.24. The van der Waals surface area contributed by atoms with Gasteiger partial charge in [0.05, 0.1) is 17.2 Å². The van der Waals surface area contributed by atoms with Crippen LogP contribution in [0.3, 0.4) is 0 Å². The maximum atomic E-state index is 13.5. The van der Waals surface area contributed by atoms with Crippen LogP contribution >= 0.6 is 0 Å². The quantitative estimate of drug-likeness (QED) is 0.484. The minimum atomic E-state index is -4.06. The smallest absolute Gasteiger partial charge is 0.264 e. The van der Waals surface area contributed by atoms with E-state index in [0.29, 0.717) is 18.9 Å². The fourth-order valence-corrected chi connectivity index (χ4v) is 5.42. The van der Waals surface area contributed by atoms with Crippen molar-refractivity contribution in [3.63, 3.8) is 0 Å². The highest BCUT2D eigenvalue weighted by Gasteiger charge is 2.27. The normalized spacial score (nSPS) is 14.9. The molecule has 186 valence electrons. The number of anilines is 1. The Balaban J connectivity index is 1.66. The molecule has 0 aromatic heterocycles. The van der Waals surface area contributed by atoms with Crippen LogP contribution in [0.5, 0.6) is 5.75 Å². The Labute approximate surface area is 201 Å². The third-order valence-corrected chi connectivity index (χ3v) is 7.58. The number of carbonyl (C=O) groups excluding carboxylic acids is 1. The van der Waals surface area contributed by atoms with Crippen molar-refractivity contribution in [2.45, 2.75) is 43.9 Å². The molecule has 2 aromatic rings. The molecule has 1 aliphatic rings. The molecule has 1 amide bonds. The fourth-order valence-electron chi connectivity index (χ4n) is 4.00. The Hall–Kier alpha value is -2.65. The molecule has 34 heavy (non-hydrogen) atoms. The second kappa shape index (κ2) is 12.7. The van der Waals surface area contributed by atoms with E-state index in [9.17, 15) is 17.6 Å². The van der Waals surface area contributed by atoms with Gasteiger partial charge in [0, 0.05) is 6.54 Å². The molecule has 0 bridgehead atoms. The van der Waals surface area contributed by atoms with Crippen molar-refractivity contribution in [1.82, 2.24) is 10.2 Å². The van der Waals surface area contributed by atoms with Crippen LogP contribution in [-0.2, 0) is 14.8 Å². The number of halogens is 1. The van der Waals surface area contributed by atoms with Crippen molar-refractivity contribution in [2.75, 3.05) is 43.6 Å². The first kappa shape index (κ1) is 26.0. The Morgan fingerprint density at radius 3 is 2.29 bits per heavy atom. The van der Waals surface area contributed by atoms with Crippen molar-refractivity contribution in [3.05, 3.63) is 54.3 Å². The number of rotatable bonds is 11. The average Bonchev–Trinajstić information content (AvgIpc) is 3.10. The van der Waals surface area contributed by atoms with E-state index in [4.69, 9.17) is 4.74 Å². The van der Waals surface area contributed by atoms with E-state index in [1.54, 1.807) is 12.1 Å². The minimum Gasteiger partial charge on any atom is -0.494 e. The molecule has 0 atom stereocenters. The Kier molecular flexibility index (Phi) is 9.71. The van der Waals surface area contributed by atoms with Gasteiger partial charge in [0.15, 0.2) is 0 Å². The van der Waals surface area contributed by atoms with Gasteiger partial charge in [-0.05, 0) is 94.4 Å². The van der Waals surface area contributed by atoms with Crippen LogP contribution in [0.1, 0.15) is 39.0 Å². The Morgan fingerprint density at radius 2 is 1.68 bits per heavy atom. The largest absolute Gasteiger partial charge is 0.494 e. The van der Waals surface area contributed by atoms with E-state index < -0.39 is 28.3 Å². The number of ether oxygens (including phenoxy) is 1. The number of benzene rings is 2. The second-order valence-corrected chi connectivity index (χ2v) is 10.2. The monoisotopic (exact) mass is 491 g/mol. The van der Waals surface area contributed by atoms with Crippen LogP contribution in [0.15, 0.2) is 53.4 Å². The molecule has 1 N–H and O–H groups in total.